The molecule has 2 rings (SSSR count). The number of hydrogen-bond donors (Lipinski definition) is 1. The molecule has 0 aromatic heterocycles. The molecular weight excluding hydrogens is 188 g/mol. The second-order valence-corrected chi connectivity index (χ2v) is 4.02. The van der Waals surface area contributed by atoms with Gasteiger partial charge in [0.1, 0.15) is 0 Å². The Morgan fingerprint density at radius 1 is 1.40 bits per heavy atom. The molecule has 0 spiro atoms. The highest BCUT2D eigenvalue weighted by molar-refractivity contribution is 5.80. The standard InChI is InChI=1S/C12H16N2O/c13-12(15)11-7-4-8-14(11)9-10-5-2-1-3-6-10/h1-3,5-6,11H,4,7-9H2,(H2,13,15)/t11-/m1/s1. The van der Waals surface area contributed by atoms with Gasteiger partial charge < -0.3 is 5.73 Å². The van der Waals surface area contributed by atoms with E-state index in [-0.39, 0.29) is 11.9 Å². The van der Waals surface area contributed by atoms with Crippen molar-refractivity contribution in [1.29, 1.82) is 0 Å². The van der Waals surface area contributed by atoms with Gasteiger partial charge in [-0.15, -0.1) is 0 Å². The van der Waals surface area contributed by atoms with Crippen LogP contribution >= 0.6 is 0 Å². The SMILES string of the molecule is NC(=O)[C@H]1CCCN1Cc1ccccc1. The summed E-state index contributed by atoms with van der Waals surface area (Å²) in [6.07, 6.45) is 1.97. The molecule has 0 bridgehead atoms. The van der Waals surface area contributed by atoms with Gasteiger partial charge in [0.05, 0.1) is 6.04 Å². The normalized spacial score (nSPS) is 21.7. The first-order valence-corrected chi connectivity index (χ1v) is 5.34. The molecule has 3 heteroatoms. The van der Waals surface area contributed by atoms with E-state index in [4.69, 9.17) is 5.73 Å². The van der Waals surface area contributed by atoms with E-state index in [0.29, 0.717) is 0 Å². The summed E-state index contributed by atoms with van der Waals surface area (Å²) in [6.45, 7) is 1.80. The summed E-state index contributed by atoms with van der Waals surface area (Å²) in [7, 11) is 0. The zero-order valence-electron chi connectivity index (χ0n) is 8.73. The summed E-state index contributed by atoms with van der Waals surface area (Å²) in [5.41, 5.74) is 6.60. The average Bonchev–Trinajstić information content (AvgIpc) is 2.67. The molecular formula is C12H16N2O. The largest absolute Gasteiger partial charge is 0.368 e. The maximum Gasteiger partial charge on any atom is 0.234 e. The molecule has 2 N–H and O–H groups in total. The Balaban J connectivity index is 2.03. The van der Waals surface area contributed by atoms with Crippen LogP contribution in [0.15, 0.2) is 30.3 Å². The maximum atomic E-state index is 11.2. The number of nitrogens with zero attached hydrogens (tertiary/aromatic N) is 1. The van der Waals surface area contributed by atoms with E-state index in [2.05, 4.69) is 17.0 Å². The molecule has 1 aromatic rings. The van der Waals surface area contributed by atoms with Gasteiger partial charge in [0.2, 0.25) is 5.91 Å². The first kappa shape index (κ1) is 10.2. The van der Waals surface area contributed by atoms with Crippen molar-refractivity contribution in [3.05, 3.63) is 35.9 Å². The van der Waals surface area contributed by atoms with E-state index in [9.17, 15) is 4.79 Å². The number of primary amides is 1. The third kappa shape index (κ3) is 2.36. The summed E-state index contributed by atoms with van der Waals surface area (Å²) in [4.78, 5) is 13.3. The third-order valence-electron chi connectivity index (χ3n) is 2.92. The molecule has 1 amide bonds. The molecule has 1 aliphatic heterocycles. The van der Waals surface area contributed by atoms with Crippen LogP contribution in [0.2, 0.25) is 0 Å². The minimum absolute atomic E-state index is 0.0646. The molecule has 0 saturated carbocycles. The quantitative estimate of drug-likeness (QED) is 0.802. The zero-order chi connectivity index (χ0) is 10.7. The Morgan fingerprint density at radius 2 is 2.13 bits per heavy atom. The van der Waals surface area contributed by atoms with Crippen LogP contribution in [-0.2, 0) is 11.3 Å². The zero-order valence-corrected chi connectivity index (χ0v) is 8.73. The van der Waals surface area contributed by atoms with Gasteiger partial charge in [0.15, 0.2) is 0 Å². The summed E-state index contributed by atoms with van der Waals surface area (Å²) < 4.78 is 0. The highest BCUT2D eigenvalue weighted by Gasteiger charge is 2.28. The summed E-state index contributed by atoms with van der Waals surface area (Å²) in [6, 6.07) is 10.1. The predicted molar refractivity (Wildman–Crippen MR) is 59.1 cm³/mol. The minimum atomic E-state index is -0.191. The van der Waals surface area contributed by atoms with E-state index in [0.717, 1.165) is 25.9 Å². The molecule has 1 heterocycles. The first-order valence-electron chi connectivity index (χ1n) is 5.34. The smallest absolute Gasteiger partial charge is 0.234 e. The molecule has 0 unspecified atom stereocenters. The Hall–Kier alpha value is -1.35. The second kappa shape index (κ2) is 4.45. The van der Waals surface area contributed by atoms with Crippen molar-refractivity contribution in [2.75, 3.05) is 6.54 Å². The highest BCUT2D eigenvalue weighted by atomic mass is 16.1. The molecule has 1 fully saturated rings. The Labute approximate surface area is 89.9 Å². The van der Waals surface area contributed by atoms with Crippen molar-refractivity contribution < 1.29 is 4.79 Å². The van der Waals surface area contributed by atoms with Crippen molar-refractivity contribution in [2.45, 2.75) is 25.4 Å². The van der Waals surface area contributed by atoms with Crippen molar-refractivity contribution >= 4 is 5.91 Å². The van der Waals surface area contributed by atoms with Crippen LogP contribution in [0.25, 0.3) is 0 Å². The van der Waals surface area contributed by atoms with Gasteiger partial charge in [-0.3, -0.25) is 9.69 Å². The van der Waals surface area contributed by atoms with Gasteiger partial charge in [-0.25, -0.2) is 0 Å². The Kier molecular flexibility index (Phi) is 3.02. The molecule has 1 aliphatic rings. The van der Waals surface area contributed by atoms with E-state index in [1.54, 1.807) is 0 Å². The number of carbonyl (C=O) groups excluding carboxylic acids is 1. The summed E-state index contributed by atoms with van der Waals surface area (Å²) in [5.74, 6) is -0.191. The fourth-order valence-electron chi connectivity index (χ4n) is 2.16. The van der Waals surface area contributed by atoms with E-state index in [1.165, 1.54) is 5.56 Å². The third-order valence-corrected chi connectivity index (χ3v) is 2.92. The average molecular weight is 204 g/mol. The molecule has 1 aromatic carbocycles. The lowest BCUT2D eigenvalue weighted by Gasteiger charge is -2.21. The van der Waals surface area contributed by atoms with Crippen molar-refractivity contribution in [3.8, 4) is 0 Å². The van der Waals surface area contributed by atoms with E-state index < -0.39 is 0 Å². The van der Waals surface area contributed by atoms with Gasteiger partial charge >= 0.3 is 0 Å². The van der Waals surface area contributed by atoms with Crippen molar-refractivity contribution in [3.63, 3.8) is 0 Å². The fourth-order valence-corrected chi connectivity index (χ4v) is 2.16. The van der Waals surface area contributed by atoms with Gasteiger partial charge in [-0.05, 0) is 24.9 Å². The minimum Gasteiger partial charge on any atom is -0.368 e. The highest BCUT2D eigenvalue weighted by Crippen LogP contribution is 2.19. The molecule has 15 heavy (non-hydrogen) atoms. The van der Waals surface area contributed by atoms with Crippen LogP contribution in [-0.4, -0.2) is 23.4 Å². The lowest BCUT2D eigenvalue weighted by Crippen LogP contribution is -2.39. The topological polar surface area (TPSA) is 46.3 Å². The number of hydrogen-bond acceptors (Lipinski definition) is 2. The lowest BCUT2D eigenvalue weighted by molar-refractivity contribution is -0.122. The first-order chi connectivity index (χ1) is 7.27. The van der Waals surface area contributed by atoms with E-state index >= 15 is 0 Å². The monoisotopic (exact) mass is 204 g/mol. The van der Waals surface area contributed by atoms with Crippen LogP contribution in [0.5, 0.6) is 0 Å². The number of rotatable bonds is 3. The number of carbonyl (C=O) groups is 1. The molecule has 1 saturated heterocycles. The van der Waals surface area contributed by atoms with Crippen molar-refractivity contribution in [1.82, 2.24) is 4.90 Å². The Bertz CT molecular complexity index is 337. The van der Waals surface area contributed by atoms with Gasteiger partial charge in [0, 0.05) is 6.54 Å². The fraction of sp³-hybridized carbons (Fsp3) is 0.417. The predicted octanol–water partition coefficient (Wildman–Crippen LogP) is 1.14. The van der Waals surface area contributed by atoms with Crippen molar-refractivity contribution in [2.24, 2.45) is 5.73 Å². The van der Waals surface area contributed by atoms with Gasteiger partial charge in [-0.1, -0.05) is 30.3 Å². The number of amides is 1. The van der Waals surface area contributed by atoms with Crippen LogP contribution in [0.1, 0.15) is 18.4 Å². The lowest BCUT2D eigenvalue weighted by atomic mass is 10.2. The van der Waals surface area contributed by atoms with E-state index in [1.807, 2.05) is 18.2 Å². The molecule has 3 nitrogen and oxygen atoms in total. The summed E-state index contributed by atoms with van der Waals surface area (Å²) >= 11 is 0. The summed E-state index contributed by atoms with van der Waals surface area (Å²) in [5, 5.41) is 0. The molecule has 1 atom stereocenters. The Morgan fingerprint density at radius 3 is 2.80 bits per heavy atom. The second-order valence-electron chi connectivity index (χ2n) is 4.02. The van der Waals surface area contributed by atoms with Crippen LogP contribution in [0.3, 0.4) is 0 Å². The number of benzene rings is 1. The molecule has 0 aliphatic carbocycles. The maximum absolute atomic E-state index is 11.2. The molecule has 0 radical (unpaired) electrons. The van der Waals surface area contributed by atoms with Gasteiger partial charge in [-0.2, -0.15) is 0 Å². The molecule has 80 valence electrons. The van der Waals surface area contributed by atoms with Gasteiger partial charge in [0.25, 0.3) is 0 Å². The number of nitrogens with two attached hydrogens (primary N) is 1. The van der Waals surface area contributed by atoms with Crippen LogP contribution in [0, 0.1) is 0 Å². The van der Waals surface area contributed by atoms with Crippen LogP contribution in [0.4, 0.5) is 0 Å². The van der Waals surface area contributed by atoms with Crippen LogP contribution < -0.4 is 5.73 Å². The number of likely N-dealkylation sites (tertiary alicyclic amines) is 1.